The monoisotopic (exact) mass is 334 g/mol. The molecular weight excluding hydrogens is 304 g/mol. The summed E-state index contributed by atoms with van der Waals surface area (Å²) < 4.78 is 10.8. The maximum atomic E-state index is 11.6. The molecule has 1 aliphatic heterocycles. The zero-order valence-electron chi connectivity index (χ0n) is 15.0. The maximum absolute atomic E-state index is 11.6. The average Bonchev–Trinajstić information content (AvgIpc) is 2.64. The molecule has 0 aromatic carbocycles. The number of ether oxygens (including phenoxy) is 2. The van der Waals surface area contributed by atoms with Crippen molar-refractivity contribution in [1.29, 1.82) is 0 Å². The van der Waals surface area contributed by atoms with Crippen molar-refractivity contribution in [3.05, 3.63) is 29.6 Å². The molecular formula is C19H30N2O3. The molecule has 0 unspecified atom stereocenters. The number of aromatic nitrogens is 1. The quantitative estimate of drug-likeness (QED) is 0.486. The third-order valence-electron chi connectivity index (χ3n) is 4.58. The number of hydrogen-bond donors (Lipinski definition) is 0. The van der Waals surface area contributed by atoms with Crippen LogP contribution in [0.15, 0.2) is 18.3 Å². The minimum atomic E-state index is 0.112. The molecule has 5 heteroatoms. The molecule has 1 aromatic rings. The van der Waals surface area contributed by atoms with Gasteiger partial charge in [-0.2, -0.15) is 0 Å². The van der Waals surface area contributed by atoms with Crippen LogP contribution in [0.5, 0.6) is 0 Å². The van der Waals surface area contributed by atoms with E-state index in [2.05, 4.69) is 16.0 Å². The largest absolute Gasteiger partial charge is 0.379 e. The molecule has 134 valence electrons. The van der Waals surface area contributed by atoms with E-state index in [4.69, 9.17) is 9.47 Å². The Hall–Kier alpha value is -1.30. The molecule has 0 spiro atoms. The smallest absolute Gasteiger partial charge is 0.180 e. The Morgan fingerprint density at radius 3 is 2.54 bits per heavy atom. The lowest BCUT2D eigenvalue weighted by molar-refractivity contribution is 0.0399. The number of hydrogen-bond acceptors (Lipinski definition) is 5. The number of ketones is 1. The van der Waals surface area contributed by atoms with Crippen LogP contribution in [0.4, 0.5) is 0 Å². The van der Waals surface area contributed by atoms with Gasteiger partial charge in [0.05, 0.1) is 19.8 Å². The molecule has 24 heavy (non-hydrogen) atoms. The number of carbonyl (C=O) groups excluding carboxylic acids is 1. The summed E-state index contributed by atoms with van der Waals surface area (Å²) in [5.74, 6) is 0.666. The van der Waals surface area contributed by atoms with E-state index in [1.807, 2.05) is 26.1 Å². The van der Waals surface area contributed by atoms with Crippen LogP contribution in [-0.2, 0) is 9.47 Å². The standard InChI is InChI=1S/C19H30N2O3/c1-3-19(22)18-6-5-17(15-20-18)16-7-9-21(10-8-16)11-12-24-14-13-23-4-2/h5-6,15-16H,3-4,7-14H2,1-2H3. The molecule has 0 saturated carbocycles. The molecule has 1 saturated heterocycles. The molecule has 0 bridgehead atoms. The van der Waals surface area contributed by atoms with Gasteiger partial charge in [0, 0.05) is 25.8 Å². The van der Waals surface area contributed by atoms with Crippen LogP contribution in [-0.4, -0.2) is 61.7 Å². The van der Waals surface area contributed by atoms with Crippen molar-refractivity contribution >= 4 is 5.78 Å². The molecule has 1 aliphatic rings. The van der Waals surface area contributed by atoms with Gasteiger partial charge in [-0.05, 0) is 50.4 Å². The minimum Gasteiger partial charge on any atom is -0.379 e. The summed E-state index contributed by atoms with van der Waals surface area (Å²) in [7, 11) is 0. The lowest BCUT2D eigenvalue weighted by Crippen LogP contribution is -2.35. The SMILES string of the molecule is CCOCCOCCN1CCC(c2ccc(C(=O)CC)nc2)CC1. The number of Topliss-reactive ketones (excluding diaryl/α,β-unsaturated/α-hetero) is 1. The highest BCUT2D eigenvalue weighted by molar-refractivity contribution is 5.93. The Morgan fingerprint density at radius 1 is 1.17 bits per heavy atom. The number of likely N-dealkylation sites (tertiary alicyclic amines) is 1. The summed E-state index contributed by atoms with van der Waals surface area (Å²) >= 11 is 0. The van der Waals surface area contributed by atoms with Gasteiger partial charge in [-0.15, -0.1) is 0 Å². The molecule has 2 heterocycles. The van der Waals surface area contributed by atoms with Gasteiger partial charge >= 0.3 is 0 Å². The van der Waals surface area contributed by atoms with Crippen molar-refractivity contribution in [3.8, 4) is 0 Å². The summed E-state index contributed by atoms with van der Waals surface area (Å²) in [6.07, 6.45) is 4.68. The van der Waals surface area contributed by atoms with E-state index in [1.54, 1.807) is 0 Å². The van der Waals surface area contributed by atoms with Crippen LogP contribution in [0, 0.1) is 0 Å². The van der Waals surface area contributed by atoms with Gasteiger partial charge in [0.1, 0.15) is 5.69 Å². The van der Waals surface area contributed by atoms with E-state index in [-0.39, 0.29) is 5.78 Å². The zero-order chi connectivity index (χ0) is 17.2. The molecule has 0 aliphatic carbocycles. The van der Waals surface area contributed by atoms with E-state index in [0.717, 1.165) is 45.7 Å². The molecule has 0 atom stereocenters. The summed E-state index contributed by atoms with van der Waals surface area (Å²) in [6, 6.07) is 3.95. The number of pyridine rings is 1. The van der Waals surface area contributed by atoms with Crippen LogP contribution in [0.3, 0.4) is 0 Å². The minimum absolute atomic E-state index is 0.112. The first-order valence-electron chi connectivity index (χ1n) is 9.11. The Kier molecular flexibility index (Phi) is 8.36. The summed E-state index contributed by atoms with van der Waals surface area (Å²) in [5, 5.41) is 0. The zero-order valence-corrected chi connectivity index (χ0v) is 15.0. The Bertz CT molecular complexity index is 482. The highest BCUT2D eigenvalue weighted by Gasteiger charge is 2.20. The van der Waals surface area contributed by atoms with Crippen molar-refractivity contribution in [2.24, 2.45) is 0 Å². The Morgan fingerprint density at radius 2 is 1.92 bits per heavy atom. The predicted octanol–water partition coefficient (Wildman–Crippen LogP) is 2.91. The Balaban J connectivity index is 1.68. The molecule has 0 amide bonds. The topological polar surface area (TPSA) is 51.7 Å². The molecule has 0 N–H and O–H groups in total. The molecule has 0 radical (unpaired) electrons. The number of piperidine rings is 1. The Labute approximate surface area is 145 Å². The van der Waals surface area contributed by atoms with Gasteiger partial charge in [-0.1, -0.05) is 13.0 Å². The normalized spacial score (nSPS) is 16.4. The van der Waals surface area contributed by atoms with Crippen LogP contribution < -0.4 is 0 Å². The van der Waals surface area contributed by atoms with Crippen LogP contribution in [0.2, 0.25) is 0 Å². The summed E-state index contributed by atoms with van der Waals surface area (Å²) in [6.45, 7) is 9.92. The molecule has 5 nitrogen and oxygen atoms in total. The predicted molar refractivity (Wildman–Crippen MR) is 94.6 cm³/mol. The van der Waals surface area contributed by atoms with Gasteiger partial charge in [0.2, 0.25) is 0 Å². The third-order valence-corrected chi connectivity index (χ3v) is 4.58. The third kappa shape index (κ3) is 5.96. The second kappa shape index (κ2) is 10.5. The molecule has 1 fully saturated rings. The van der Waals surface area contributed by atoms with Crippen LogP contribution in [0.25, 0.3) is 0 Å². The fraction of sp³-hybridized carbons (Fsp3) is 0.684. The van der Waals surface area contributed by atoms with E-state index in [0.29, 0.717) is 31.2 Å². The first-order chi connectivity index (χ1) is 11.7. The lowest BCUT2D eigenvalue weighted by atomic mass is 9.90. The van der Waals surface area contributed by atoms with Crippen molar-refractivity contribution in [2.45, 2.75) is 39.0 Å². The van der Waals surface area contributed by atoms with Gasteiger partial charge in [-0.3, -0.25) is 9.78 Å². The maximum Gasteiger partial charge on any atom is 0.180 e. The number of nitrogens with zero attached hydrogens (tertiary/aromatic N) is 2. The molecule has 2 rings (SSSR count). The highest BCUT2D eigenvalue weighted by atomic mass is 16.5. The summed E-state index contributed by atoms with van der Waals surface area (Å²) in [4.78, 5) is 18.4. The average molecular weight is 334 g/mol. The van der Waals surface area contributed by atoms with Crippen LogP contribution >= 0.6 is 0 Å². The number of rotatable bonds is 10. The second-order valence-electron chi connectivity index (χ2n) is 6.18. The van der Waals surface area contributed by atoms with Crippen molar-refractivity contribution in [1.82, 2.24) is 9.88 Å². The van der Waals surface area contributed by atoms with Crippen molar-refractivity contribution in [3.63, 3.8) is 0 Å². The first-order valence-corrected chi connectivity index (χ1v) is 9.11. The fourth-order valence-electron chi connectivity index (χ4n) is 3.04. The second-order valence-corrected chi connectivity index (χ2v) is 6.18. The van der Waals surface area contributed by atoms with Gasteiger partial charge in [-0.25, -0.2) is 0 Å². The van der Waals surface area contributed by atoms with E-state index < -0.39 is 0 Å². The van der Waals surface area contributed by atoms with Gasteiger partial charge in [0.25, 0.3) is 0 Å². The lowest BCUT2D eigenvalue weighted by Gasteiger charge is -2.31. The van der Waals surface area contributed by atoms with Gasteiger partial charge < -0.3 is 14.4 Å². The van der Waals surface area contributed by atoms with Crippen LogP contribution in [0.1, 0.15) is 55.1 Å². The van der Waals surface area contributed by atoms with Crippen molar-refractivity contribution < 1.29 is 14.3 Å². The first kappa shape index (κ1) is 19.0. The summed E-state index contributed by atoms with van der Waals surface area (Å²) in [5.41, 5.74) is 1.85. The van der Waals surface area contributed by atoms with E-state index >= 15 is 0 Å². The molecule has 1 aromatic heterocycles. The van der Waals surface area contributed by atoms with E-state index in [1.165, 1.54) is 5.56 Å². The fourth-order valence-corrected chi connectivity index (χ4v) is 3.04. The number of carbonyl (C=O) groups is 1. The van der Waals surface area contributed by atoms with E-state index in [9.17, 15) is 4.79 Å². The van der Waals surface area contributed by atoms with Crippen molar-refractivity contribution in [2.75, 3.05) is 46.1 Å². The highest BCUT2D eigenvalue weighted by Crippen LogP contribution is 2.27. The van der Waals surface area contributed by atoms with Gasteiger partial charge in [0.15, 0.2) is 5.78 Å².